The molecule has 0 radical (unpaired) electrons. The first-order chi connectivity index (χ1) is 8.26. The van der Waals surface area contributed by atoms with Crippen LogP contribution in [-0.4, -0.2) is 20.8 Å². The van der Waals surface area contributed by atoms with E-state index in [2.05, 4.69) is 47.4 Å². The minimum absolute atomic E-state index is 0.0880. The van der Waals surface area contributed by atoms with Crippen molar-refractivity contribution in [3.8, 4) is 0 Å². The summed E-state index contributed by atoms with van der Waals surface area (Å²) in [5.41, 5.74) is 2.49. The SMILES string of the molecule is CSC1=NC2=S(S1)SC(c1ccc(C)cc1)=N2. The Balaban J connectivity index is 1.86. The highest BCUT2D eigenvalue weighted by molar-refractivity contribution is 9.22. The Morgan fingerprint density at radius 2 is 1.88 bits per heavy atom. The van der Waals surface area contributed by atoms with E-state index in [4.69, 9.17) is 0 Å². The molecule has 1 atom stereocenters. The van der Waals surface area contributed by atoms with Crippen LogP contribution in [0.25, 0.3) is 0 Å². The summed E-state index contributed by atoms with van der Waals surface area (Å²) in [6, 6.07) is 8.53. The lowest BCUT2D eigenvalue weighted by atomic mass is 10.2. The van der Waals surface area contributed by atoms with Crippen molar-refractivity contribution < 1.29 is 0 Å². The zero-order valence-electron chi connectivity index (χ0n) is 9.34. The molecule has 0 saturated carbocycles. The van der Waals surface area contributed by atoms with Crippen LogP contribution in [-0.2, 0) is 0 Å². The van der Waals surface area contributed by atoms with E-state index in [1.165, 1.54) is 11.1 Å². The van der Waals surface area contributed by atoms with Crippen LogP contribution in [0.15, 0.2) is 34.3 Å². The summed E-state index contributed by atoms with van der Waals surface area (Å²) in [5, 5.41) is 2.11. The quantitative estimate of drug-likeness (QED) is 0.575. The second-order valence-electron chi connectivity index (χ2n) is 3.55. The standard InChI is InChI=1S/C11H10N2S4/c1-7-3-5-8(6-4-7)9-12-10-13-11(14-2)16-17(10)15-9/h3-6H,1-2H3. The van der Waals surface area contributed by atoms with Crippen LogP contribution < -0.4 is 0 Å². The normalized spacial score (nSPS) is 22.5. The maximum absolute atomic E-state index is 4.64. The molecule has 1 unspecified atom stereocenters. The predicted molar refractivity (Wildman–Crippen MR) is 86.4 cm³/mol. The van der Waals surface area contributed by atoms with Crippen molar-refractivity contribution in [3.63, 3.8) is 0 Å². The van der Waals surface area contributed by atoms with E-state index in [0.29, 0.717) is 0 Å². The Hall–Kier alpha value is -0.170. The summed E-state index contributed by atoms with van der Waals surface area (Å²) >= 11 is 1.70. The third-order valence-corrected chi connectivity index (χ3v) is 9.29. The third kappa shape index (κ3) is 2.36. The van der Waals surface area contributed by atoms with Gasteiger partial charge in [-0.1, -0.05) is 29.8 Å². The summed E-state index contributed by atoms with van der Waals surface area (Å²) < 4.78 is 1.14. The lowest BCUT2D eigenvalue weighted by molar-refractivity contribution is 1.46. The number of nitrogens with zero attached hydrogens (tertiary/aromatic N) is 2. The molecule has 6 heteroatoms. The molecule has 2 aliphatic heterocycles. The van der Waals surface area contributed by atoms with Crippen LogP contribution in [0.2, 0.25) is 0 Å². The van der Waals surface area contributed by atoms with Gasteiger partial charge in [-0.25, -0.2) is 9.98 Å². The van der Waals surface area contributed by atoms with E-state index in [1.54, 1.807) is 11.8 Å². The molecule has 0 amide bonds. The Kier molecular flexibility index (Phi) is 3.38. The van der Waals surface area contributed by atoms with Crippen LogP contribution in [0.4, 0.5) is 0 Å². The molecule has 2 nitrogen and oxygen atoms in total. The maximum Gasteiger partial charge on any atom is 0.201 e. The fourth-order valence-corrected chi connectivity index (χ4v) is 8.71. The average molecular weight is 298 g/mol. The summed E-state index contributed by atoms with van der Waals surface area (Å²) in [4.78, 5) is 9.16. The minimum Gasteiger partial charge on any atom is -0.214 e. The molecule has 3 rings (SSSR count). The fraction of sp³-hybridized carbons (Fsp3) is 0.182. The third-order valence-electron chi connectivity index (χ3n) is 2.31. The van der Waals surface area contributed by atoms with Gasteiger partial charge in [0.15, 0.2) is 0 Å². The highest BCUT2D eigenvalue weighted by Gasteiger charge is 2.26. The van der Waals surface area contributed by atoms with Gasteiger partial charge in [0.05, 0.1) is 0 Å². The Bertz CT molecular complexity index is 557. The van der Waals surface area contributed by atoms with Gasteiger partial charge in [0, 0.05) is 5.56 Å². The molecule has 0 spiro atoms. The van der Waals surface area contributed by atoms with Gasteiger partial charge in [0.2, 0.25) is 5.11 Å². The van der Waals surface area contributed by atoms with Gasteiger partial charge in [-0.2, -0.15) is 0 Å². The Labute approximate surface area is 114 Å². The van der Waals surface area contributed by atoms with Gasteiger partial charge in [0.1, 0.15) is 9.42 Å². The topological polar surface area (TPSA) is 24.7 Å². The summed E-state index contributed by atoms with van der Waals surface area (Å²) in [5.74, 6) is 0. The zero-order chi connectivity index (χ0) is 11.8. The first-order valence-electron chi connectivity index (χ1n) is 5.02. The molecule has 0 N–H and O–H groups in total. The molecule has 1 aromatic rings. The van der Waals surface area contributed by atoms with Crippen molar-refractivity contribution in [2.24, 2.45) is 9.98 Å². The monoisotopic (exact) mass is 298 g/mol. The first-order valence-corrected chi connectivity index (χ1v) is 10.1. The average Bonchev–Trinajstić information content (AvgIpc) is 2.87. The molecule has 2 heterocycles. The van der Waals surface area contributed by atoms with Crippen LogP contribution in [0, 0.1) is 6.92 Å². The molecule has 0 aliphatic carbocycles. The molecular formula is C11H10N2S4. The van der Waals surface area contributed by atoms with Crippen molar-refractivity contribution in [1.82, 2.24) is 0 Å². The lowest BCUT2D eigenvalue weighted by Gasteiger charge is -2.02. The van der Waals surface area contributed by atoms with E-state index in [9.17, 15) is 0 Å². The molecular weight excluding hydrogens is 288 g/mol. The second-order valence-corrected chi connectivity index (χ2v) is 10.2. The summed E-state index contributed by atoms with van der Waals surface area (Å²) in [7, 11) is 3.76. The van der Waals surface area contributed by atoms with E-state index < -0.39 is 0 Å². The molecule has 17 heavy (non-hydrogen) atoms. The van der Waals surface area contributed by atoms with Crippen molar-refractivity contribution >= 4 is 56.4 Å². The van der Waals surface area contributed by atoms with Gasteiger partial charge >= 0.3 is 0 Å². The first kappa shape index (κ1) is 11.9. The van der Waals surface area contributed by atoms with Crippen LogP contribution in [0.5, 0.6) is 0 Å². The van der Waals surface area contributed by atoms with Gasteiger partial charge in [0.25, 0.3) is 0 Å². The number of rotatable bonds is 1. The molecule has 0 fully saturated rings. The van der Waals surface area contributed by atoms with Gasteiger partial charge in [-0.3, -0.25) is 0 Å². The van der Waals surface area contributed by atoms with Crippen molar-refractivity contribution in [2.75, 3.05) is 6.26 Å². The molecule has 2 aliphatic rings. The van der Waals surface area contributed by atoms with E-state index in [0.717, 1.165) is 14.5 Å². The number of hydrogen-bond donors (Lipinski definition) is 0. The summed E-state index contributed by atoms with van der Waals surface area (Å²) in [6.45, 7) is 2.10. The van der Waals surface area contributed by atoms with E-state index >= 15 is 0 Å². The Morgan fingerprint density at radius 3 is 2.53 bits per heavy atom. The van der Waals surface area contributed by atoms with E-state index in [1.807, 2.05) is 21.6 Å². The van der Waals surface area contributed by atoms with Crippen molar-refractivity contribution in [2.45, 2.75) is 6.92 Å². The fourth-order valence-electron chi connectivity index (χ4n) is 1.42. The number of aryl methyl sites for hydroxylation is 1. The molecule has 88 valence electrons. The summed E-state index contributed by atoms with van der Waals surface area (Å²) in [6.07, 6.45) is 2.06. The van der Waals surface area contributed by atoms with Gasteiger partial charge in [-0.05, 0) is 43.3 Å². The maximum atomic E-state index is 4.64. The molecule has 1 aromatic carbocycles. The van der Waals surface area contributed by atoms with E-state index in [-0.39, 0.29) is 8.55 Å². The van der Waals surface area contributed by atoms with Crippen LogP contribution in [0.1, 0.15) is 11.1 Å². The number of aliphatic imine (C=N–C) groups is 2. The van der Waals surface area contributed by atoms with Crippen molar-refractivity contribution in [3.05, 3.63) is 35.4 Å². The number of hydrogen-bond acceptors (Lipinski definition) is 5. The highest BCUT2D eigenvalue weighted by atomic mass is 33.5. The van der Waals surface area contributed by atoms with Crippen LogP contribution in [0.3, 0.4) is 0 Å². The van der Waals surface area contributed by atoms with Gasteiger partial charge < -0.3 is 0 Å². The molecule has 0 saturated heterocycles. The Morgan fingerprint density at radius 1 is 1.12 bits per heavy atom. The minimum atomic E-state index is 0.0880. The highest BCUT2D eigenvalue weighted by Crippen LogP contribution is 2.55. The number of benzene rings is 1. The zero-order valence-corrected chi connectivity index (χ0v) is 12.6. The largest absolute Gasteiger partial charge is 0.214 e. The van der Waals surface area contributed by atoms with Crippen LogP contribution >= 0.6 is 41.9 Å². The van der Waals surface area contributed by atoms with Gasteiger partial charge in [-0.15, -0.1) is 11.8 Å². The molecule has 0 aromatic heterocycles. The second kappa shape index (κ2) is 4.84. The predicted octanol–water partition coefficient (Wildman–Crippen LogP) is 4.14. The van der Waals surface area contributed by atoms with Crippen molar-refractivity contribution in [1.29, 1.82) is 0 Å². The molecule has 0 bridgehead atoms. The lowest BCUT2D eigenvalue weighted by Crippen LogP contribution is -1.94. The number of thioether (sulfide) groups is 1. The smallest absolute Gasteiger partial charge is 0.201 e.